The predicted octanol–water partition coefficient (Wildman–Crippen LogP) is 1.85. The van der Waals surface area contributed by atoms with Crippen LogP contribution in [0.1, 0.15) is 30.7 Å². The molecule has 0 aliphatic carbocycles. The predicted molar refractivity (Wildman–Crippen MR) is 90.0 cm³/mol. The Balaban J connectivity index is 1.64. The highest BCUT2D eigenvalue weighted by Gasteiger charge is 2.17. The molecule has 0 radical (unpaired) electrons. The van der Waals surface area contributed by atoms with Gasteiger partial charge in [0.1, 0.15) is 12.4 Å². The van der Waals surface area contributed by atoms with E-state index in [0.717, 1.165) is 41.5 Å². The minimum absolute atomic E-state index is 0.0384. The molecule has 0 saturated carbocycles. The van der Waals surface area contributed by atoms with Gasteiger partial charge in [-0.05, 0) is 24.5 Å². The zero-order chi connectivity index (χ0) is 16.2. The lowest BCUT2D eigenvalue weighted by Crippen LogP contribution is -2.33. The second-order valence-corrected chi connectivity index (χ2v) is 6.54. The molecule has 0 atom stereocenters. The minimum atomic E-state index is -0.212. The fraction of sp³-hybridized carbons (Fsp3) is 0.438. The van der Waals surface area contributed by atoms with Crippen molar-refractivity contribution in [2.75, 3.05) is 0 Å². The van der Waals surface area contributed by atoms with Gasteiger partial charge in [-0.3, -0.25) is 9.36 Å². The standard InChI is InChI=1S/C16H19BrN4O2/c17-13-7-4-3-6-12(13)10-18-15(22)11-21-16(23)20-9-5-1-2-8-14(20)19-21/h3-4,6-7H,1-2,5,8-11H2,(H,18,22). The monoisotopic (exact) mass is 378 g/mol. The van der Waals surface area contributed by atoms with Crippen molar-refractivity contribution in [3.63, 3.8) is 0 Å². The van der Waals surface area contributed by atoms with Gasteiger partial charge in [-0.25, -0.2) is 9.48 Å². The number of hydrogen-bond donors (Lipinski definition) is 1. The number of nitrogens with zero attached hydrogens (tertiary/aromatic N) is 3. The van der Waals surface area contributed by atoms with E-state index in [4.69, 9.17) is 0 Å². The first-order chi connectivity index (χ1) is 11.1. The molecule has 1 N–H and O–H groups in total. The molecule has 1 aromatic carbocycles. The average Bonchev–Trinajstić information content (AvgIpc) is 2.72. The van der Waals surface area contributed by atoms with Crippen molar-refractivity contribution in [2.45, 2.75) is 45.3 Å². The number of aryl methyl sites for hydroxylation is 1. The highest BCUT2D eigenvalue weighted by molar-refractivity contribution is 9.10. The third-order valence-electron chi connectivity index (χ3n) is 4.01. The van der Waals surface area contributed by atoms with Crippen molar-refractivity contribution in [2.24, 2.45) is 0 Å². The molecule has 122 valence electrons. The highest BCUT2D eigenvalue weighted by atomic mass is 79.9. The fourth-order valence-corrected chi connectivity index (χ4v) is 3.18. The van der Waals surface area contributed by atoms with Crippen molar-refractivity contribution < 1.29 is 4.79 Å². The van der Waals surface area contributed by atoms with E-state index in [0.29, 0.717) is 13.1 Å². The maximum absolute atomic E-state index is 12.3. The van der Waals surface area contributed by atoms with E-state index in [1.165, 1.54) is 4.68 Å². The second-order valence-electron chi connectivity index (χ2n) is 5.69. The summed E-state index contributed by atoms with van der Waals surface area (Å²) in [4.78, 5) is 24.4. The number of amides is 1. The molecule has 0 spiro atoms. The lowest BCUT2D eigenvalue weighted by atomic mass is 10.2. The van der Waals surface area contributed by atoms with Crippen LogP contribution in [0.5, 0.6) is 0 Å². The van der Waals surface area contributed by atoms with E-state index in [1.54, 1.807) is 4.57 Å². The quantitative estimate of drug-likeness (QED) is 0.882. The highest BCUT2D eigenvalue weighted by Crippen LogP contribution is 2.15. The summed E-state index contributed by atoms with van der Waals surface area (Å²) < 4.78 is 3.93. The third-order valence-corrected chi connectivity index (χ3v) is 4.78. The number of carbonyl (C=O) groups is 1. The number of halogens is 1. The van der Waals surface area contributed by atoms with Crippen molar-refractivity contribution in [1.82, 2.24) is 19.7 Å². The first-order valence-electron chi connectivity index (χ1n) is 7.82. The number of benzene rings is 1. The van der Waals surface area contributed by atoms with Crippen molar-refractivity contribution in [1.29, 1.82) is 0 Å². The summed E-state index contributed by atoms with van der Waals surface area (Å²) in [5.74, 6) is 0.585. The number of hydrogen-bond acceptors (Lipinski definition) is 3. The molecular weight excluding hydrogens is 360 g/mol. The molecular formula is C16H19BrN4O2. The van der Waals surface area contributed by atoms with Gasteiger partial charge in [0.25, 0.3) is 0 Å². The number of nitrogens with one attached hydrogen (secondary N) is 1. The molecule has 0 unspecified atom stereocenters. The summed E-state index contributed by atoms with van der Waals surface area (Å²) in [6.45, 7) is 1.08. The molecule has 6 nitrogen and oxygen atoms in total. The number of aromatic nitrogens is 3. The Morgan fingerprint density at radius 3 is 2.91 bits per heavy atom. The topological polar surface area (TPSA) is 68.9 Å². The molecule has 2 aromatic rings. The molecule has 0 bridgehead atoms. The molecule has 2 heterocycles. The van der Waals surface area contributed by atoms with Crippen LogP contribution in [0, 0.1) is 0 Å². The van der Waals surface area contributed by atoms with Crippen LogP contribution in [0.25, 0.3) is 0 Å². The molecule has 0 fully saturated rings. The Morgan fingerprint density at radius 2 is 2.09 bits per heavy atom. The largest absolute Gasteiger partial charge is 0.350 e. The van der Waals surface area contributed by atoms with Gasteiger partial charge in [0.2, 0.25) is 5.91 Å². The maximum Gasteiger partial charge on any atom is 0.346 e. The van der Waals surface area contributed by atoms with E-state index in [-0.39, 0.29) is 18.1 Å². The summed E-state index contributed by atoms with van der Waals surface area (Å²) in [6.07, 6.45) is 3.97. The van der Waals surface area contributed by atoms with Crippen LogP contribution in [0.15, 0.2) is 33.5 Å². The smallest absolute Gasteiger partial charge is 0.346 e. The zero-order valence-corrected chi connectivity index (χ0v) is 14.4. The average molecular weight is 379 g/mol. The van der Waals surface area contributed by atoms with Crippen molar-refractivity contribution in [3.05, 3.63) is 50.6 Å². The molecule has 1 aliphatic heterocycles. The molecule has 23 heavy (non-hydrogen) atoms. The summed E-state index contributed by atoms with van der Waals surface area (Å²) in [6, 6.07) is 7.71. The summed E-state index contributed by atoms with van der Waals surface area (Å²) in [5, 5.41) is 7.15. The maximum atomic E-state index is 12.3. The summed E-state index contributed by atoms with van der Waals surface area (Å²) in [7, 11) is 0. The second kappa shape index (κ2) is 7.12. The number of rotatable bonds is 4. The van der Waals surface area contributed by atoms with Crippen molar-refractivity contribution >= 4 is 21.8 Å². The van der Waals surface area contributed by atoms with E-state index in [2.05, 4.69) is 26.3 Å². The zero-order valence-electron chi connectivity index (χ0n) is 12.8. The molecule has 1 amide bonds. The van der Waals surface area contributed by atoms with Crippen LogP contribution in [-0.4, -0.2) is 20.3 Å². The van der Waals surface area contributed by atoms with Gasteiger partial charge in [0.15, 0.2) is 0 Å². The number of carbonyl (C=O) groups excluding carboxylic acids is 1. The number of fused-ring (bicyclic) bond motifs is 1. The third kappa shape index (κ3) is 3.72. The molecule has 3 rings (SSSR count). The van der Waals surface area contributed by atoms with Gasteiger partial charge >= 0.3 is 5.69 Å². The Hall–Kier alpha value is -1.89. The molecule has 7 heteroatoms. The van der Waals surface area contributed by atoms with Gasteiger partial charge in [0, 0.05) is 24.0 Å². The van der Waals surface area contributed by atoms with Gasteiger partial charge in [-0.15, -0.1) is 0 Å². The van der Waals surface area contributed by atoms with Crippen LogP contribution in [0.4, 0.5) is 0 Å². The van der Waals surface area contributed by atoms with Crippen LogP contribution in [-0.2, 0) is 30.8 Å². The first kappa shape index (κ1) is 16.0. The van der Waals surface area contributed by atoms with E-state index in [1.807, 2.05) is 24.3 Å². The lowest BCUT2D eigenvalue weighted by molar-refractivity contribution is -0.122. The summed E-state index contributed by atoms with van der Waals surface area (Å²) in [5.41, 5.74) is 0.812. The molecule has 1 aromatic heterocycles. The van der Waals surface area contributed by atoms with Gasteiger partial charge < -0.3 is 5.32 Å². The SMILES string of the molecule is O=C(Cn1nc2n(c1=O)CCCCC2)NCc1ccccc1Br. The minimum Gasteiger partial charge on any atom is -0.350 e. The van der Waals surface area contributed by atoms with E-state index < -0.39 is 0 Å². The Bertz CT molecular complexity index is 766. The normalized spacial score (nSPS) is 14.1. The Kier molecular flexibility index (Phi) is 4.95. The van der Waals surface area contributed by atoms with Crippen LogP contribution in [0.2, 0.25) is 0 Å². The van der Waals surface area contributed by atoms with Gasteiger partial charge in [-0.1, -0.05) is 40.5 Å². The fourth-order valence-electron chi connectivity index (χ4n) is 2.76. The van der Waals surface area contributed by atoms with E-state index in [9.17, 15) is 9.59 Å². The Morgan fingerprint density at radius 1 is 1.26 bits per heavy atom. The van der Waals surface area contributed by atoms with Crippen molar-refractivity contribution in [3.8, 4) is 0 Å². The molecule has 0 saturated heterocycles. The van der Waals surface area contributed by atoms with Crippen LogP contribution in [0.3, 0.4) is 0 Å². The first-order valence-corrected chi connectivity index (χ1v) is 8.61. The van der Waals surface area contributed by atoms with E-state index >= 15 is 0 Å². The molecule has 1 aliphatic rings. The summed E-state index contributed by atoms with van der Waals surface area (Å²) >= 11 is 3.45. The van der Waals surface area contributed by atoms with Crippen LogP contribution < -0.4 is 11.0 Å². The van der Waals surface area contributed by atoms with Crippen LogP contribution >= 0.6 is 15.9 Å². The lowest BCUT2D eigenvalue weighted by Gasteiger charge is -2.06. The van der Waals surface area contributed by atoms with Gasteiger partial charge in [-0.2, -0.15) is 5.10 Å². The Labute approximate surface area is 142 Å². The van der Waals surface area contributed by atoms with Gasteiger partial charge in [0.05, 0.1) is 0 Å².